The highest BCUT2D eigenvalue weighted by Crippen LogP contribution is 2.17. The van der Waals surface area contributed by atoms with E-state index in [1.807, 2.05) is 0 Å². The number of rotatable bonds is 2. The van der Waals surface area contributed by atoms with Crippen LogP contribution in [0.1, 0.15) is 20.3 Å². The largest absolute Gasteiger partial charge is 0.291 e. The molecule has 4 heteroatoms. The van der Waals surface area contributed by atoms with Gasteiger partial charge in [-0.1, -0.05) is 6.92 Å². The third-order valence-electron chi connectivity index (χ3n) is 1.03. The summed E-state index contributed by atoms with van der Waals surface area (Å²) < 4.78 is 0. The van der Waals surface area contributed by atoms with Gasteiger partial charge in [-0.3, -0.25) is 10.1 Å². The van der Waals surface area contributed by atoms with E-state index < -0.39 is 9.92 Å². The molecule has 48 valence electrons. The molecule has 0 radical (unpaired) electrons. The highest BCUT2D eigenvalue weighted by Gasteiger charge is 2.30. The Bertz CT molecular complexity index is 102. The SMILES string of the molecule is CCC(C)(Cl)[N+](=O)[O-]. The van der Waals surface area contributed by atoms with Crippen LogP contribution in [0, 0.1) is 10.1 Å². The van der Waals surface area contributed by atoms with Crippen LogP contribution >= 0.6 is 11.6 Å². The molecule has 0 aromatic heterocycles. The number of halogens is 1. The molecule has 0 rings (SSSR count). The number of nitrogens with zero attached hydrogens (tertiary/aromatic N) is 1. The van der Waals surface area contributed by atoms with Crippen molar-refractivity contribution in [1.82, 2.24) is 0 Å². The maximum Gasteiger partial charge on any atom is 0.291 e. The summed E-state index contributed by atoms with van der Waals surface area (Å²) in [6.07, 6.45) is 0.349. The lowest BCUT2D eigenvalue weighted by Gasteiger charge is -2.07. The second-order valence-corrected chi connectivity index (χ2v) is 2.57. The summed E-state index contributed by atoms with van der Waals surface area (Å²) in [6.45, 7) is 3.06. The van der Waals surface area contributed by atoms with Crippen molar-refractivity contribution in [3.63, 3.8) is 0 Å². The molecular formula is C4H8ClNO2. The van der Waals surface area contributed by atoms with Crippen molar-refractivity contribution < 1.29 is 4.92 Å². The van der Waals surface area contributed by atoms with E-state index in [2.05, 4.69) is 0 Å². The van der Waals surface area contributed by atoms with Gasteiger partial charge in [0.25, 0.3) is 5.00 Å². The maximum atomic E-state index is 9.93. The van der Waals surface area contributed by atoms with Crippen molar-refractivity contribution in [2.45, 2.75) is 25.3 Å². The van der Waals surface area contributed by atoms with Gasteiger partial charge in [-0.05, 0) is 11.6 Å². The van der Waals surface area contributed by atoms with Crippen molar-refractivity contribution in [2.75, 3.05) is 0 Å². The Balaban J connectivity index is 3.91. The second kappa shape index (κ2) is 2.31. The van der Waals surface area contributed by atoms with Crippen molar-refractivity contribution in [1.29, 1.82) is 0 Å². The van der Waals surface area contributed by atoms with Crippen molar-refractivity contribution in [3.05, 3.63) is 10.1 Å². The van der Waals surface area contributed by atoms with Gasteiger partial charge < -0.3 is 0 Å². The van der Waals surface area contributed by atoms with Crippen LogP contribution in [0.3, 0.4) is 0 Å². The zero-order valence-corrected chi connectivity index (χ0v) is 5.60. The first-order chi connectivity index (χ1) is 3.50. The molecule has 0 N–H and O–H groups in total. The summed E-state index contributed by atoms with van der Waals surface area (Å²) in [5, 5.41) is 9.93. The molecule has 0 bridgehead atoms. The van der Waals surface area contributed by atoms with Gasteiger partial charge in [0.15, 0.2) is 0 Å². The second-order valence-electron chi connectivity index (χ2n) is 1.75. The lowest BCUT2D eigenvalue weighted by molar-refractivity contribution is -0.537. The van der Waals surface area contributed by atoms with Gasteiger partial charge >= 0.3 is 0 Å². The fourth-order valence-corrected chi connectivity index (χ4v) is 0.129. The van der Waals surface area contributed by atoms with E-state index in [1.165, 1.54) is 6.92 Å². The summed E-state index contributed by atoms with van der Waals surface area (Å²) >= 11 is 5.36. The van der Waals surface area contributed by atoms with Crippen molar-refractivity contribution in [3.8, 4) is 0 Å². The molecule has 0 aliphatic carbocycles. The van der Waals surface area contributed by atoms with Crippen LogP contribution in [-0.2, 0) is 0 Å². The van der Waals surface area contributed by atoms with E-state index in [1.54, 1.807) is 6.92 Å². The van der Waals surface area contributed by atoms with E-state index in [9.17, 15) is 10.1 Å². The molecule has 0 aromatic rings. The molecular weight excluding hydrogens is 130 g/mol. The Morgan fingerprint density at radius 2 is 2.25 bits per heavy atom. The normalized spacial score (nSPS) is 17.4. The molecule has 0 aromatic carbocycles. The lowest BCUT2D eigenvalue weighted by Crippen LogP contribution is -2.26. The fraction of sp³-hybridized carbons (Fsp3) is 1.00. The van der Waals surface area contributed by atoms with Crippen molar-refractivity contribution in [2.24, 2.45) is 0 Å². The third-order valence-corrected chi connectivity index (χ3v) is 1.43. The van der Waals surface area contributed by atoms with E-state index in [0.717, 1.165) is 0 Å². The van der Waals surface area contributed by atoms with Gasteiger partial charge in [-0.25, -0.2) is 0 Å². The maximum absolute atomic E-state index is 9.93. The third kappa shape index (κ3) is 1.66. The first-order valence-electron chi connectivity index (χ1n) is 2.34. The number of nitro groups is 1. The van der Waals surface area contributed by atoms with Crippen LogP contribution in [0.4, 0.5) is 0 Å². The lowest BCUT2D eigenvalue weighted by atomic mass is 10.3. The van der Waals surface area contributed by atoms with E-state index in [0.29, 0.717) is 6.42 Å². The van der Waals surface area contributed by atoms with Gasteiger partial charge in [0.05, 0.1) is 0 Å². The molecule has 0 aliphatic rings. The minimum absolute atomic E-state index is 0.349. The van der Waals surface area contributed by atoms with Gasteiger partial charge in [0.2, 0.25) is 0 Å². The Morgan fingerprint density at radius 1 is 1.88 bits per heavy atom. The highest BCUT2D eigenvalue weighted by atomic mass is 35.5. The first-order valence-corrected chi connectivity index (χ1v) is 2.72. The van der Waals surface area contributed by atoms with Gasteiger partial charge in [-0.15, -0.1) is 0 Å². The topological polar surface area (TPSA) is 43.1 Å². The van der Waals surface area contributed by atoms with Crippen LogP contribution in [0.15, 0.2) is 0 Å². The molecule has 0 saturated heterocycles. The molecule has 1 atom stereocenters. The zero-order chi connectivity index (χ0) is 6.78. The molecule has 0 heterocycles. The molecule has 0 spiro atoms. The quantitative estimate of drug-likeness (QED) is 0.251. The molecule has 0 amide bonds. The zero-order valence-electron chi connectivity index (χ0n) is 4.85. The van der Waals surface area contributed by atoms with E-state index in [4.69, 9.17) is 11.6 Å². The number of hydrogen-bond acceptors (Lipinski definition) is 2. The van der Waals surface area contributed by atoms with Crippen LogP contribution < -0.4 is 0 Å². The Hall–Kier alpha value is -0.310. The summed E-state index contributed by atoms with van der Waals surface area (Å²) in [5.74, 6) is 0. The first kappa shape index (κ1) is 7.69. The van der Waals surface area contributed by atoms with Crippen LogP contribution in [0.5, 0.6) is 0 Å². The smallest absolute Gasteiger partial charge is 0.263 e. The van der Waals surface area contributed by atoms with Gasteiger partial charge in [-0.2, -0.15) is 0 Å². The van der Waals surface area contributed by atoms with E-state index in [-0.39, 0.29) is 0 Å². The number of hydrogen-bond donors (Lipinski definition) is 0. The highest BCUT2D eigenvalue weighted by molar-refractivity contribution is 6.22. The standard InChI is InChI=1S/C4H8ClNO2/c1-3-4(2,5)6(7)8/h3H2,1-2H3. The molecule has 3 nitrogen and oxygen atoms in total. The van der Waals surface area contributed by atoms with Gasteiger partial charge in [0.1, 0.15) is 0 Å². The Kier molecular flexibility index (Phi) is 2.22. The van der Waals surface area contributed by atoms with E-state index >= 15 is 0 Å². The minimum Gasteiger partial charge on any atom is -0.263 e. The van der Waals surface area contributed by atoms with Crippen LogP contribution in [0.25, 0.3) is 0 Å². The average Bonchev–Trinajstić information content (AvgIpc) is 1.67. The Labute approximate surface area is 52.8 Å². The van der Waals surface area contributed by atoms with Crippen LogP contribution in [-0.4, -0.2) is 9.92 Å². The number of alkyl halides is 1. The average molecular weight is 138 g/mol. The summed E-state index contributed by atoms with van der Waals surface area (Å²) in [5.41, 5.74) is 0. The molecule has 0 fully saturated rings. The summed E-state index contributed by atoms with van der Waals surface area (Å²) in [6, 6.07) is 0. The minimum atomic E-state index is -1.26. The molecule has 0 saturated carbocycles. The Morgan fingerprint density at radius 3 is 2.25 bits per heavy atom. The molecule has 1 unspecified atom stereocenters. The monoisotopic (exact) mass is 137 g/mol. The fourth-order valence-electron chi connectivity index (χ4n) is 0.129. The molecule has 0 aliphatic heterocycles. The van der Waals surface area contributed by atoms with Crippen LogP contribution in [0.2, 0.25) is 0 Å². The van der Waals surface area contributed by atoms with Gasteiger partial charge in [0, 0.05) is 18.3 Å². The summed E-state index contributed by atoms with van der Waals surface area (Å²) in [7, 11) is 0. The predicted octanol–water partition coefficient (Wildman–Crippen LogP) is 1.63. The van der Waals surface area contributed by atoms with Crippen molar-refractivity contribution >= 4 is 11.6 Å². The predicted molar refractivity (Wildman–Crippen MR) is 31.5 cm³/mol. The summed E-state index contributed by atoms with van der Waals surface area (Å²) in [4.78, 5) is 8.17. The molecule has 8 heavy (non-hydrogen) atoms.